The predicted octanol–water partition coefficient (Wildman–Crippen LogP) is 0.564. The largest absolute Gasteiger partial charge is 0.217 e. The van der Waals surface area contributed by atoms with Crippen molar-refractivity contribution in [3.8, 4) is 0 Å². The Balaban J connectivity index is 2.97. The topological polar surface area (TPSA) is 51.6 Å². The Labute approximate surface area is 59.7 Å². The van der Waals surface area contributed by atoms with E-state index in [2.05, 4.69) is 20.4 Å². The maximum atomic E-state index is 3.97. The molecule has 0 radical (unpaired) electrons. The summed E-state index contributed by atoms with van der Waals surface area (Å²) in [6.45, 7) is 6.10. The second kappa shape index (κ2) is 2.28. The van der Waals surface area contributed by atoms with Gasteiger partial charge in [0.15, 0.2) is 5.82 Å². The maximum absolute atomic E-state index is 3.97. The van der Waals surface area contributed by atoms with Gasteiger partial charge in [-0.25, -0.2) is 4.98 Å². The summed E-state index contributed by atoms with van der Waals surface area (Å²) in [7, 11) is 0. The van der Waals surface area contributed by atoms with E-state index in [0.717, 1.165) is 5.82 Å². The first kappa shape index (κ1) is 7.05. The minimum Gasteiger partial charge on any atom is -0.217 e. The molecule has 54 valence electrons. The average Bonchev–Trinajstić information content (AvgIpc) is 1.88. The molecular formula is C6H10N4. The molecule has 4 nitrogen and oxygen atoms in total. The van der Waals surface area contributed by atoms with Gasteiger partial charge in [0, 0.05) is 5.41 Å². The minimum atomic E-state index is -0.0318. The van der Waals surface area contributed by atoms with Crippen molar-refractivity contribution in [3.63, 3.8) is 0 Å². The van der Waals surface area contributed by atoms with Crippen LogP contribution in [0.15, 0.2) is 6.33 Å². The summed E-state index contributed by atoms with van der Waals surface area (Å²) in [5.74, 6) is 0.725. The molecule has 0 aliphatic heterocycles. The van der Waals surface area contributed by atoms with Crippen LogP contribution in [-0.4, -0.2) is 20.4 Å². The summed E-state index contributed by atoms with van der Waals surface area (Å²) >= 11 is 0. The Morgan fingerprint density at radius 3 is 2.30 bits per heavy atom. The first-order valence-electron chi connectivity index (χ1n) is 3.11. The van der Waals surface area contributed by atoms with Crippen molar-refractivity contribution in [2.24, 2.45) is 0 Å². The first-order valence-corrected chi connectivity index (χ1v) is 3.11. The van der Waals surface area contributed by atoms with Crippen LogP contribution in [0.3, 0.4) is 0 Å². The highest BCUT2D eigenvalue weighted by molar-refractivity contribution is 4.96. The van der Waals surface area contributed by atoms with E-state index in [-0.39, 0.29) is 5.41 Å². The molecule has 0 N–H and O–H groups in total. The summed E-state index contributed by atoms with van der Waals surface area (Å²) in [6, 6.07) is 0. The summed E-state index contributed by atoms with van der Waals surface area (Å²) < 4.78 is 0. The lowest BCUT2D eigenvalue weighted by Crippen LogP contribution is -2.16. The maximum Gasteiger partial charge on any atom is 0.159 e. The third-order valence-electron chi connectivity index (χ3n) is 1.09. The van der Waals surface area contributed by atoms with E-state index < -0.39 is 0 Å². The van der Waals surface area contributed by atoms with Gasteiger partial charge in [-0.05, 0) is 5.21 Å². The molecule has 1 heterocycles. The number of hydrogen-bond acceptors (Lipinski definition) is 4. The predicted molar refractivity (Wildman–Crippen MR) is 36.3 cm³/mol. The minimum absolute atomic E-state index is 0.0318. The van der Waals surface area contributed by atoms with Crippen LogP contribution in [-0.2, 0) is 5.41 Å². The van der Waals surface area contributed by atoms with Crippen LogP contribution in [0.25, 0.3) is 0 Å². The third-order valence-corrected chi connectivity index (χ3v) is 1.09. The van der Waals surface area contributed by atoms with E-state index in [0.29, 0.717) is 0 Å². The van der Waals surface area contributed by atoms with Crippen LogP contribution in [0.4, 0.5) is 0 Å². The molecule has 0 fully saturated rings. The first-order chi connectivity index (χ1) is 4.61. The lowest BCUT2D eigenvalue weighted by atomic mass is 9.96. The highest BCUT2D eigenvalue weighted by atomic mass is 15.3. The molecular weight excluding hydrogens is 128 g/mol. The summed E-state index contributed by atoms with van der Waals surface area (Å²) in [6.07, 6.45) is 1.41. The zero-order valence-electron chi connectivity index (χ0n) is 6.37. The van der Waals surface area contributed by atoms with Gasteiger partial charge in [0.25, 0.3) is 0 Å². The number of nitrogens with zero attached hydrogens (tertiary/aromatic N) is 4. The second-order valence-corrected chi connectivity index (χ2v) is 3.12. The summed E-state index contributed by atoms with van der Waals surface area (Å²) in [4.78, 5) is 3.97. The monoisotopic (exact) mass is 138 g/mol. The van der Waals surface area contributed by atoms with Crippen molar-refractivity contribution in [1.82, 2.24) is 20.4 Å². The van der Waals surface area contributed by atoms with E-state index in [1.807, 2.05) is 20.8 Å². The van der Waals surface area contributed by atoms with E-state index in [4.69, 9.17) is 0 Å². The van der Waals surface area contributed by atoms with Gasteiger partial charge in [0.1, 0.15) is 6.33 Å². The molecule has 0 amide bonds. The summed E-state index contributed by atoms with van der Waals surface area (Å²) in [5.41, 5.74) is -0.0318. The zero-order chi connectivity index (χ0) is 7.61. The van der Waals surface area contributed by atoms with Gasteiger partial charge in [-0.1, -0.05) is 20.8 Å². The van der Waals surface area contributed by atoms with Crippen LogP contribution in [0.1, 0.15) is 26.6 Å². The molecule has 0 spiro atoms. The van der Waals surface area contributed by atoms with Crippen LogP contribution in [0.2, 0.25) is 0 Å². The second-order valence-electron chi connectivity index (χ2n) is 3.12. The van der Waals surface area contributed by atoms with Crippen molar-refractivity contribution in [2.75, 3.05) is 0 Å². The van der Waals surface area contributed by atoms with Crippen molar-refractivity contribution in [2.45, 2.75) is 26.2 Å². The van der Waals surface area contributed by atoms with Gasteiger partial charge < -0.3 is 0 Å². The lowest BCUT2D eigenvalue weighted by molar-refractivity contribution is 0.522. The quantitative estimate of drug-likeness (QED) is 0.525. The van der Waals surface area contributed by atoms with Gasteiger partial charge >= 0.3 is 0 Å². The molecule has 0 saturated carbocycles. The van der Waals surface area contributed by atoms with Crippen LogP contribution in [0, 0.1) is 0 Å². The third kappa shape index (κ3) is 1.46. The van der Waals surface area contributed by atoms with Crippen molar-refractivity contribution < 1.29 is 0 Å². The molecule has 0 saturated heterocycles. The molecule has 1 rings (SSSR count). The van der Waals surface area contributed by atoms with Crippen molar-refractivity contribution in [3.05, 3.63) is 12.2 Å². The standard InChI is InChI=1S/C6H10N4/c1-6(2,3)5-7-4-8-10-9-5/h4H,1-3H3. The van der Waals surface area contributed by atoms with E-state index >= 15 is 0 Å². The highest BCUT2D eigenvalue weighted by Crippen LogP contribution is 2.15. The Kier molecular flexibility index (Phi) is 1.61. The van der Waals surface area contributed by atoms with Gasteiger partial charge in [0.05, 0.1) is 0 Å². The molecule has 10 heavy (non-hydrogen) atoms. The Morgan fingerprint density at radius 1 is 1.30 bits per heavy atom. The van der Waals surface area contributed by atoms with E-state index in [1.54, 1.807) is 0 Å². The van der Waals surface area contributed by atoms with Crippen LogP contribution in [0.5, 0.6) is 0 Å². The molecule has 0 aromatic carbocycles. The summed E-state index contributed by atoms with van der Waals surface area (Å²) in [5, 5.41) is 10.8. The SMILES string of the molecule is CC(C)(C)c1ncnnn1. The number of rotatable bonds is 0. The molecule has 0 aliphatic carbocycles. The van der Waals surface area contributed by atoms with Gasteiger partial charge in [-0.3, -0.25) is 0 Å². The fourth-order valence-electron chi connectivity index (χ4n) is 0.541. The normalized spacial score (nSPS) is 11.5. The number of aromatic nitrogens is 4. The van der Waals surface area contributed by atoms with Crippen molar-refractivity contribution >= 4 is 0 Å². The van der Waals surface area contributed by atoms with Gasteiger partial charge in [0.2, 0.25) is 0 Å². The Hall–Kier alpha value is -1.06. The molecule has 0 aliphatic rings. The van der Waals surface area contributed by atoms with Gasteiger partial charge in [-0.2, -0.15) is 0 Å². The van der Waals surface area contributed by atoms with Crippen molar-refractivity contribution in [1.29, 1.82) is 0 Å². The smallest absolute Gasteiger partial charge is 0.159 e. The Bertz CT molecular complexity index is 201. The molecule has 4 heteroatoms. The zero-order valence-corrected chi connectivity index (χ0v) is 6.37. The molecule has 1 aromatic rings. The Morgan fingerprint density at radius 2 is 2.00 bits per heavy atom. The molecule has 1 aromatic heterocycles. The number of hydrogen-bond donors (Lipinski definition) is 0. The molecule has 0 unspecified atom stereocenters. The molecule has 0 bridgehead atoms. The highest BCUT2D eigenvalue weighted by Gasteiger charge is 2.16. The van der Waals surface area contributed by atoms with E-state index in [9.17, 15) is 0 Å². The average molecular weight is 138 g/mol. The fourth-order valence-corrected chi connectivity index (χ4v) is 0.541. The van der Waals surface area contributed by atoms with Crippen LogP contribution >= 0.6 is 0 Å². The van der Waals surface area contributed by atoms with Gasteiger partial charge in [-0.15, -0.1) is 10.2 Å². The lowest BCUT2D eigenvalue weighted by Gasteiger charge is -2.13. The molecule has 0 atom stereocenters. The van der Waals surface area contributed by atoms with E-state index in [1.165, 1.54) is 6.33 Å². The fraction of sp³-hybridized carbons (Fsp3) is 0.667. The van der Waals surface area contributed by atoms with Crippen LogP contribution < -0.4 is 0 Å².